The van der Waals surface area contributed by atoms with Crippen molar-refractivity contribution in [1.82, 2.24) is 15.5 Å². The molecule has 2 saturated carbocycles. The zero-order valence-electron chi connectivity index (χ0n) is 20.0. The van der Waals surface area contributed by atoms with Crippen LogP contribution >= 0.6 is 0 Å². The van der Waals surface area contributed by atoms with Crippen LogP contribution in [0.3, 0.4) is 0 Å². The van der Waals surface area contributed by atoms with Crippen molar-refractivity contribution in [2.45, 2.75) is 50.9 Å². The molecule has 2 aliphatic rings. The van der Waals surface area contributed by atoms with E-state index in [1.807, 2.05) is 41.3 Å². The summed E-state index contributed by atoms with van der Waals surface area (Å²) in [5.74, 6) is 0.285. The predicted molar refractivity (Wildman–Crippen MR) is 135 cm³/mol. The number of carbonyl (C=O) groups excluding carboxylic acids is 3. The van der Waals surface area contributed by atoms with Gasteiger partial charge >= 0.3 is 0 Å². The van der Waals surface area contributed by atoms with Gasteiger partial charge in [-0.25, -0.2) is 0 Å². The number of carbonyl (C=O) groups is 3. The van der Waals surface area contributed by atoms with Gasteiger partial charge in [-0.05, 0) is 67.6 Å². The van der Waals surface area contributed by atoms with Crippen molar-refractivity contribution in [2.75, 3.05) is 11.9 Å². The lowest BCUT2D eigenvalue weighted by Gasteiger charge is -2.21. The van der Waals surface area contributed by atoms with Gasteiger partial charge in [0.05, 0.1) is 30.6 Å². The quantitative estimate of drug-likeness (QED) is 0.383. The van der Waals surface area contributed by atoms with Crippen LogP contribution in [-0.2, 0) is 17.9 Å². The highest BCUT2D eigenvalue weighted by Crippen LogP contribution is 2.22. The molecule has 3 N–H and O–H groups in total. The molecule has 1 heterocycles. The molecule has 2 aromatic carbocycles. The molecule has 2 fully saturated rings. The third-order valence-corrected chi connectivity index (χ3v) is 6.22. The summed E-state index contributed by atoms with van der Waals surface area (Å²) in [6.07, 6.45) is 5.69. The normalized spacial score (nSPS) is 14.9. The van der Waals surface area contributed by atoms with E-state index in [1.54, 1.807) is 30.5 Å². The lowest BCUT2D eigenvalue weighted by Crippen LogP contribution is -2.33. The Morgan fingerprint density at radius 1 is 0.806 bits per heavy atom. The smallest absolute Gasteiger partial charge is 0.253 e. The summed E-state index contributed by atoms with van der Waals surface area (Å²) >= 11 is 0. The molecule has 5 rings (SSSR count). The monoisotopic (exact) mass is 486 g/mol. The fourth-order valence-electron chi connectivity index (χ4n) is 3.98. The molecular weight excluding hydrogens is 456 g/mol. The Bertz CT molecular complexity index is 1210. The maximum absolute atomic E-state index is 13.0. The van der Waals surface area contributed by atoms with E-state index >= 15 is 0 Å². The van der Waals surface area contributed by atoms with E-state index in [1.165, 1.54) is 0 Å². The third kappa shape index (κ3) is 6.60. The van der Waals surface area contributed by atoms with Crippen molar-refractivity contribution in [2.24, 2.45) is 0 Å². The van der Waals surface area contributed by atoms with E-state index in [-0.39, 0.29) is 30.3 Å². The Morgan fingerprint density at radius 2 is 1.50 bits per heavy atom. The fraction of sp³-hybridized carbons (Fsp3) is 0.321. The largest absolute Gasteiger partial charge is 0.468 e. The van der Waals surface area contributed by atoms with Gasteiger partial charge in [0, 0.05) is 24.2 Å². The number of anilines is 1. The maximum Gasteiger partial charge on any atom is 0.253 e. The van der Waals surface area contributed by atoms with Gasteiger partial charge in [-0.1, -0.05) is 24.3 Å². The number of benzene rings is 2. The minimum Gasteiger partial charge on any atom is -0.468 e. The molecule has 8 heteroatoms. The second kappa shape index (κ2) is 10.8. The van der Waals surface area contributed by atoms with E-state index in [9.17, 15) is 14.4 Å². The molecular formula is C28H30N4O4. The Morgan fingerprint density at radius 3 is 2.17 bits per heavy atom. The van der Waals surface area contributed by atoms with Crippen LogP contribution in [0.4, 0.5) is 5.69 Å². The summed E-state index contributed by atoms with van der Waals surface area (Å²) in [6.45, 7) is 1.03. The molecule has 1 aromatic heterocycles. The molecule has 0 aliphatic heterocycles. The summed E-state index contributed by atoms with van der Waals surface area (Å²) in [5, 5.41) is 8.87. The highest BCUT2D eigenvalue weighted by Gasteiger charge is 2.25. The van der Waals surface area contributed by atoms with Crippen LogP contribution < -0.4 is 16.0 Å². The second-order valence-electron chi connectivity index (χ2n) is 9.51. The summed E-state index contributed by atoms with van der Waals surface area (Å²) in [6, 6.07) is 18.7. The van der Waals surface area contributed by atoms with E-state index in [4.69, 9.17) is 4.42 Å². The van der Waals surface area contributed by atoms with Crippen LogP contribution in [0.15, 0.2) is 71.3 Å². The van der Waals surface area contributed by atoms with Crippen LogP contribution in [-0.4, -0.2) is 41.2 Å². The number of rotatable bonds is 11. The van der Waals surface area contributed by atoms with Crippen molar-refractivity contribution in [3.63, 3.8) is 0 Å². The predicted octanol–water partition coefficient (Wildman–Crippen LogP) is 3.70. The fourth-order valence-corrected chi connectivity index (χ4v) is 3.98. The van der Waals surface area contributed by atoms with Gasteiger partial charge in [0.15, 0.2) is 0 Å². The lowest BCUT2D eigenvalue weighted by atomic mass is 10.1. The van der Waals surface area contributed by atoms with E-state index in [0.717, 1.165) is 37.0 Å². The number of hydrogen-bond acceptors (Lipinski definition) is 5. The number of furan rings is 1. The van der Waals surface area contributed by atoms with Crippen LogP contribution in [0.1, 0.15) is 57.7 Å². The van der Waals surface area contributed by atoms with E-state index in [2.05, 4.69) is 16.0 Å². The van der Waals surface area contributed by atoms with Crippen molar-refractivity contribution in [3.8, 4) is 0 Å². The molecule has 36 heavy (non-hydrogen) atoms. The Labute approximate surface area is 210 Å². The summed E-state index contributed by atoms with van der Waals surface area (Å²) in [4.78, 5) is 39.9. The topological polar surface area (TPSA) is 104 Å². The third-order valence-electron chi connectivity index (χ3n) is 6.22. The molecule has 0 spiro atoms. The number of nitrogens with zero attached hydrogens (tertiary/aromatic N) is 1. The zero-order valence-corrected chi connectivity index (χ0v) is 20.0. The minimum absolute atomic E-state index is 0.0553. The molecule has 3 aromatic rings. The first-order valence-corrected chi connectivity index (χ1v) is 12.4. The van der Waals surface area contributed by atoms with Gasteiger partial charge in [0.25, 0.3) is 11.8 Å². The van der Waals surface area contributed by atoms with Crippen LogP contribution in [0.2, 0.25) is 0 Å². The van der Waals surface area contributed by atoms with E-state index in [0.29, 0.717) is 35.9 Å². The molecule has 0 saturated heterocycles. The minimum atomic E-state index is -0.228. The SMILES string of the molecule is O=C(CN(Cc1ccc(C(=O)NC2CC2)cc1)Cc1ccco1)Nc1ccccc1C(=O)NC1CC1. The van der Waals surface area contributed by atoms with Gasteiger partial charge in [-0.3, -0.25) is 19.3 Å². The van der Waals surface area contributed by atoms with Crippen molar-refractivity contribution in [1.29, 1.82) is 0 Å². The Balaban J connectivity index is 1.24. The lowest BCUT2D eigenvalue weighted by molar-refractivity contribution is -0.117. The molecule has 8 nitrogen and oxygen atoms in total. The first-order chi connectivity index (χ1) is 17.5. The summed E-state index contributed by atoms with van der Waals surface area (Å²) < 4.78 is 5.51. The molecule has 0 radical (unpaired) electrons. The number of para-hydroxylation sites is 1. The van der Waals surface area contributed by atoms with Gasteiger partial charge < -0.3 is 20.4 Å². The number of amides is 3. The average Bonchev–Trinajstić information content (AvgIpc) is 3.80. The maximum atomic E-state index is 13.0. The first-order valence-electron chi connectivity index (χ1n) is 12.4. The summed E-state index contributed by atoms with van der Waals surface area (Å²) in [7, 11) is 0. The zero-order chi connectivity index (χ0) is 24.9. The number of nitrogens with one attached hydrogen (secondary N) is 3. The highest BCUT2D eigenvalue weighted by atomic mass is 16.3. The van der Waals surface area contributed by atoms with Gasteiger partial charge in [0.2, 0.25) is 5.91 Å². The van der Waals surface area contributed by atoms with Crippen molar-refractivity contribution >= 4 is 23.4 Å². The first kappa shape index (κ1) is 23.8. The molecule has 3 amide bonds. The highest BCUT2D eigenvalue weighted by molar-refractivity contribution is 6.04. The molecule has 186 valence electrons. The second-order valence-corrected chi connectivity index (χ2v) is 9.51. The molecule has 2 aliphatic carbocycles. The van der Waals surface area contributed by atoms with E-state index < -0.39 is 0 Å². The van der Waals surface area contributed by atoms with Crippen molar-refractivity contribution in [3.05, 3.63) is 89.4 Å². The van der Waals surface area contributed by atoms with Crippen LogP contribution in [0.5, 0.6) is 0 Å². The van der Waals surface area contributed by atoms with Crippen molar-refractivity contribution < 1.29 is 18.8 Å². The standard InChI is InChI=1S/C28H30N4O4/c33-26(31-25-6-2-1-5-24(25)28(35)30-22-13-14-22)18-32(17-23-4-3-15-36-23)16-19-7-9-20(10-8-19)27(34)29-21-11-12-21/h1-10,15,21-22H,11-14,16-18H2,(H,29,34)(H,30,35)(H,31,33). The van der Waals surface area contributed by atoms with Crippen LogP contribution in [0, 0.1) is 0 Å². The Kier molecular flexibility index (Phi) is 7.13. The van der Waals surface area contributed by atoms with Crippen LogP contribution in [0.25, 0.3) is 0 Å². The molecule has 0 unspecified atom stereocenters. The Hall–Kier alpha value is -3.91. The number of hydrogen-bond donors (Lipinski definition) is 3. The van der Waals surface area contributed by atoms with Gasteiger partial charge in [0.1, 0.15) is 5.76 Å². The average molecular weight is 487 g/mol. The summed E-state index contributed by atoms with van der Waals surface area (Å²) in [5.41, 5.74) is 2.55. The molecule has 0 atom stereocenters. The van der Waals surface area contributed by atoms with Gasteiger partial charge in [-0.2, -0.15) is 0 Å². The molecule has 0 bridgehead atoms. The van der Waals surface area contributed by atoms with Gasteiger partial charge in [-0.15, -0.1) is 0 Å².